The van der Waals surface area contributed by atoms with E-state index in [9.17, 15) is 5.11 Å². The van der Waals surface area contributed by atoms with E-state index >= 15 is 0 Å². The summed E-state index contributed by atoms with van der Waals surface area (Å²) in [5.74, 6) is 1.40. The third kappa shape index (κ3) is 2.39. The Balaban J connectivity index is 1.22. The molecule has 3 aliphatic heterocycles. The topological polar surface area (TPSA) is 96.5 Å². The second-order valence-corrected chi connectivity index (χ2v) is 6.07. The van der Waals surface area contributed by atoms with Crippen molar-refractivity contribution in [2.45, 2.75) is 50.1 Å². The lowest BCUT2D eigenvalue weighted by atomic mass is 9.78. The van der Waals surface area contributed by atoms with Crippen molar-refractivity contribution in [2.75, 3.05) is 6.61 Å². The second-order valence-electron chi connectivity index (χ2n) is 6.07. The maximum absolute atomic E-state index is 9.56. The predicted molar refractivity (Wildman–Crippen MR) is 72.3 cm³/mol. The number of aromatic nitrogens is 4. The predicted octanol–water partition coefficient (Wildman–Crippen LogP) is 0.242. The number of hydrogen-bond acceptors (Lipinski definition) is 6. The third-order valence-corrected chi connectivity index (χ3v) is 4.86. The molecule has 4 heterocycles. The highest BCUT2D eigenvalue weighted by molar-refractivity contribution is 5.15. The largest absolute Gasteiger partial charge is 0.396 e. The number of aliphatic hydroxyl groups is 1. The summed E-state index contributed by atoms with van der Waals surface area (Å²) in [6.45, 7) is 0.198. The number of unbranched alkanes of at least 4 members (excludes halogenated alkanes) is 1. The molecule has 114 valence electrons. The number of epoxide rings is 1. The molecule has 21 heavy (non-hydrogen) atoms. The van der Waals surface area contributed by atoms with Crippen molar-refractivity contribution in [3.8, 4) is 0 Å². The van der Waals surface area contributed by atoms with Gasteiger partial charge in [-0.2, -0.15) is 5.21 Å². The Hall–Kier alpha value is -1.31. The Bertz CT molecular complexity index is 506. The van der Waals surface area contributed by atoms with Gasteiger partial charge in [0, 0.05) is 18.9 Å². The van der Waals surface area contributed by atoms with Crippen LogP contribution in [-0.4, -0.2) is 56.8 Å². The van der Waals surface area contributed by atoms with Gasteiger partial charge in [-0.1, -0.05) is 17.4 Å². The first-order valence-electron chi connectivity index (χ1n) is 7.67. The van der Waals surface area contributed by atoms with Crippen molar-refractivity contribution >= 4 is 0 Å². The lowest BCUT2D eigenvalue weighted by molar-refractivity contribution is 0.00295. The van der Waals surface area contributed by atoms with Gasteiger partial charge in [0.15, 0.2) is 5.82 Å². The van der Waals surface area contributed by atoms with E-state index in [1.165, 1.54) is 0 Å². The number of nitrogens with zero attached hydrogens (tertiary/aromatic N) is 3. The van der Waals surface area contributed by atoms with Gasteiger partial charge in [0.2, 0.25) is 0 Å². The first-order chi connectivity index (χ1) is 10.4. The van der Waals surface area contributed by atoms with Crippen LogP contribution in [0.1, 0.15) is 25.1 Å². The number of tetrazole rings is 1. The monoisotopic (exact) mass is 292 g/mol. The van der Waals surface area contributed by atoms with Crippen LogP contribution in [0.4, 0.5) is 0 Å². The fourth-order valence-electron chi connectivity index (χ4n) is 3.76. The molecule has 7 heteroatoms. The minimum Gasteiger partial charge on any atom is -0.396 e. The summed E-state index contributed by atoms with van der Waals surface area (Å²) in [5, 5.41) is 23.4. The highest BCUT2D eigenvalue weighted by Gasteiger charge is 2.68. The molecular weight excluding hydrogens is 272 g/mol. The molecule has 7 nitrogen and oxygen atoms in total. The molecule has 3 saturated heterocycles. The minimum absolute atomic E-state index is 0.127. The fourth-order valence-corrected chi connectivity index (χ4v) is 3.76. The highest BCUT2D eigenvalue weighted by atomic mass is 16.7. The highest BCUT2D eigenvalue weighted by Crippen LogP contribution is 2.54. The van der Waals surface area contributed by atoms with Crippen LogP contribution in [0.2, 0.25) is 0 Å². The summed E-state index contributed by atoms with van der Waals surface area (Å²) in [5.41, 5.74) is 0. The first kappa shape index (κ1) is 13.4. The number of aromatic amines is 1. The quantitative estimate of drug-likeness (QED) is 0.424. The van der Waals surface area contributed by atoms with Crippen molar-refractivity contribution < 1.29 is 14.6 Å². The number of allylic oxidation sites excluding steroid dienone is 2. The number of aryl methyl sites for hydroxylation is 1. The van der Waals surface area contributed by atoms with Gasteiger partial charge in [0.1, 0.15) is 12.2 Å². The lowest BCUT2D eigenvalue weighted by Gasteiger charge is -2.22. The summed E-state index contributed by atoms with van der Waals surface area (Å²) < 4.78 is 11.5. The van der Waals surface area contributed by atoms with E-state index in [2.05, 4.69) is 32.8 Å². The summed E-state index contributed by atoms with van der Waals surface area (Å²) in [6, 6.07) is 0. The zero-order valence-corrected chi connectivity index (χ0v) is 11.8. The maximum Gasteiger partial charge on any atom is 0.174 e. The normalized spacial score (nSPS) is 40.0. The van der Waals surface area contributed by atoms with Crippen LogP contribution in [0.25, 0.3) is 0 Å². The molecule has 3 fully saturated rings. The van der Waals surface area contributed by atoms with Crippen LogP contribution in [0.5, 0.6) is 0 Å². The average Bonchev–Trinajstić information content (AvgIpc) is 2.88. The molecule has 0 saturated carbocycles. The molecule has 2 N–H and O–H groups in total. The van der Waals surface area contributed by atoms with Gasteiger partial charge in [-0.15, -0.1) is 10.2 Å². The van der Waals surface area contributed by atoms with Crippen molar-refractivity contribution in [1.29, 1.82) is 0 Å². The molecule has 0 amide bonds. The minimum atomic E-state index is 0.127. The summed E-state index contributed by atoms with van der Waals surface area (Å²) >= 11 is 0. The number of aliphatic hydroxyl groups excluding tert-OH is 1. The summed E-state index contributed by atoms with van der Waals surface area (Å²) in [7, 11) is 0. The first-order valence-corrected chi connectivity index (χ1v) is 7.67. The molecule has 0 radical (unpaired) electrons. The van der Waals surface area contributed by atoms with Gasteiger partial charge < -0.3 is 14.6 Å². The number of hydrogen-bond donors (Lipinski definition) is 2. The Morgan fingerprint density at radius 3 is 2.67 bits per heavy atom. The third-order valence-electron chi connectivity index (χ3n) is 4.86. The summed E-state index contributed by atoms with van der Waals surface area (Å²) in [4.78, 5) is 0. The van der Waals surface area contributed by atoms with E-state index in [0.29, 0.717) is 12.0 Å². The van der Waals surface area contributed by atoms with Crippen LogP contribution < -0.4 is 0 Å². The van der Waals surface area contributed by atoms with Crippen molar-refractivity contribution in [2.24, 2.45) is 11.8 Å². The zero-order chi connectivity index (χ0) is 14.2. The van der Waals surface area contributed by atoms with Gasteiger partial charge >= 0.3 is 0 Å². The second kappa shape index (κ2) is 5.47. The lowest BCUT2D eigenvalue weighted by Crippen LogP contribution is -2.34. The Labute approximate surface area is 122 Å². The van der Waals surface area contributed by atoms with Gasteiger partial charge in [0.25, 0.3) is 0 Å². The van der Waals surface area contributed by atoms with Crippen molar-refractivity contribution in [3.63, 3.8) is 0 Å². The number of nitrogens with one attached hydrogen (secondary N) is 1. The molecule has 6 atom stereocenters. The molecule has 0 aliphatic carbocycles. The van der Waals surface area contributed by atoms with E-state index < -0.39 is 0 Å². The Morgan fingerprint density at radius 1 is 1.10 bits per heavy atom. The number of fused-ring (bicyclic) bond motifs is 5. The van der Waals surface area contributed by atoms with Crippen LogP contribution in [0.15, 0.2) is 12.2 Å². The van der Waals surface area contributed by atoms with E-state index in [1.807, 2.05) is 0 Å². The molecule has 1 aromatic rings. The van der Waals surface area contributed by atoms with Gasteiger partial charge in [0.05, 0.1) is 12.2 Å². The summed E-state index contributed by atoms with van der Waals surface area (Å²) in [6.07, 6.45) is 9.12. The molecule has 3 aliphatic rings. The maximum atomic E-state index is 9.56. The SMILES string of the molecule is OC[C@H]1[C@@H](C/C=C\CCCc2nn[nH]n2)[C@@H]2O[C@H]1[C@@H]1O[C@@H]12. The Morgan fingerprint density at radius 2 is 1.90 bits per heavy atom. The van der Waals surface area contributed by atoms with Crippen LogP contribution >= 0.6 is 0 Å². The van der Waals surface area contributed by atoms with Gasteiger partial charge in [-0.3, -0.25) is 0 Å². The van der Waals surface area contributed by atoms with Crippen LogP contribution in [-0.2, 0) is 15.9 Å². The molecule has 4 rings (SSSR count). The number of rotatable bonds is 7. The van der Waals surface area contributed by atoms with Crippen LogP contribution in [0, 0.1) is 11.8 Å². The Kier molecular flexibility index (Phi) is 3.48. The van der Waals surface area contributed by atoms with E-state index in [1.54, 1.807) is 0 Å². The van der Waals surface area contributed by atoms with Crippen molar-refractivity contribution in [1.82, 2.24) is 20.6 Å². The number of H-pyrrole nitrogens is 1. The zero-order valence-electron chi connectivity index (χ0n) is 11.8. The molecular formula is C14H20N4O3. The molecule has 2 bridgehead atoms. The molecule has 0 spiro atoms. The molecule has 0 aromatic carbocycles. The smallest absolute Gasteiger partial charge is 0.174 e. The van der Waals surface area contributed by atoms with Crippen LogP contribution in [0.3, 0.4) is 0 Å². The molecule has 0 unspecified atom stereocenters. The van der Waals surface area contributed by atoms with E-state index in [-0.39, 0.29) is 30.8 Å². The van der Waals surface area contributed by atoms with Gasteiger partial charge in [-0.25, -0.2) is 0 Å². The van der Waals surface area contributed by atoms with E-state index in [4.69, 9.17) is 9.47 Å². The standard InChI is InChI=1S/C14H20N4O3/c19-7-9-8(11-13-14(21-13)12(9)20-11)5-3-1-2-4-6-10-15-17-18-16-10/h1,3,8-9,11-14,19H,2,4-7H2,(H,15,16,17,18)/b3-1-/t8-,9+,11+,12-,13-,14+/m1/s1. The fraction of sp³-hybridized carbons (Fsp3) is 0.786. The average molecular weight is 292 g/mol. The van der Waals surface area contributed by atoms with Gasteiger partial charge in [-0.05, 0) is 25.2 Å². The molecule has 1 aromatic heterocycles. The van der Waals surface area contributed by atoms with E-state index in [0.717, 1.165) is 31.5 Å². The number of ether oxygens (including phenoxy) is 2. The van der Waals surface area contributed by atoms with Crippen molar-refractivity contribution in [3.05, 3.63) is 18.0 Å².